The summed E-state index contributed by atoms with van der Waals surface area (Å²) in [4.78, 5) is 29.0. The number of ketones is 1. The predicted molar refractivity (Wildman–Crippen MR) is 99.6 cm³/mol. The molecule has 3 N–H and O–H groups in total. The molecule has 0 aliphatic rings. The molecule has 0 bridgehead atoms. The van der Waals surface area contributed by atoms with Crippen LogP contribution in [0.4, 0.5) is 5.69 Å². The third kappa shape index (κ3) is 3.31. The Balaban J connectivity index is 1.96. The number of aromatic nitrogens is 1. The number of aryl methyl sites for hydroxylation is 1. The maximum Gasteiger partial charge on any atom is 0.264 e. The number of carbonyl (C=O) groups is 2. The van der Waals surface area contributed by atoms with Gasteiger partial charge in [0.05, 0.1) is 10.6 Å². The third-order valence-corrected chi connectivity index (χ3v) is 6.21. The van der Waals surface area contributed by atoms with E-state index in [1.165, 1.54) is 35.6 Å². The van der Waals surface area contributed by atoms with Crippen molar-refractivity contribution in [1.29, 1.82) is 0 Å². The summed E-state index contributed by atoms with van der Waals surface area (Å²) in [6.45, 7) is 2.96. The fourth-order valence-corrected chi connectivity index (χ4v) is 4.52. The van der Waals surface area contributed by atoms with E-state index in [1.54, 1.807) is 0 Å². The van der Waals surface area contributed by atoms with Crippen molar-refractivity contribution in [3.63, 3.8) is 0 Å². The van der Waals surface area contributed by atoms with Crippen LogP contribution in [0.25, 0.3) is 10.2 Å². The second-order valence-electron chi connectivity index (χ2n) is 5.67. The summed E-state index contributed by atoms with van der Waals surface area (Å²) in [6, 6.07) is 8.96. The van der Waals surface area contributed by atoms with Crippen LogP contribution in [0.2, 0.25) is 0 Å². The first-order valence-corrected chi connectivity index (χ1v) is 9.83. The van der Waals surface area contributed by atoms with Crippen molar-refractivity contribution in [2.24, 2.45) is 0 Å². The van der Waals surface area contributed by atoms with Gasteiger partial charge >= 0.3 is 0 Å². The Morgan fingerprint density at radius 1 is 1.12 bits per heavy atom. The van der Waals surface area contributed by atoms with E-state index in [4.69, 9.17) is 5.73 Å². The van der Waals surface area contributed by atoms with Crippen LogP contribution in [0, 0.1) is 6.92 Å². The zero-order valence-electron chi connectivity index (χ0n) is 13.9. The molecule has 2 aromatic heterocycles. The highest BCUT2D eigenvalue weighted by Gasteiger charge is 2.20. The molecule has 0 radical (unpaired) electrons. The fourth-order valence-electron chi connectivity index (χ4n) is 2.42. The highest BCUT2D eigenvalue weighted by Crippen LogP contribution is 2.34. The van der Waals surface area contributed by atoms with Crippen LogP contribution in [-0.2, 0) is 14.8 Å². The number of nitrogen functional groups attached to an aromatic ring is 1. The van der Waals surface area contributed by atoms with Crippen molar-refractivity contribution in [2.45, 2.75) is 18.7 Å². The summed E-state index contributed by atoms with van der Waals surface area (Å²) in [5.74, 6) is -1.00. The minimum atomic E-state index is -3.94. The number of nitrogens with one attached hydrogen (secondary N) is 1. The van der Waals surface area contributed by atoms with Crippen LogP contribution in [0.3, 0.4) is 0 Å². The standard InChI is InChI=1S/C17H15N3O4S2/c1-9-3-8-13-14(18)16(25-17(13)19-9)15(22)11-4-6-12(7-5-11)26(23,24)20-10(2)21/h3-8H,18H2,1-2H3,(H,20,21). The summed E-state index contributed by atoms with van der Waals surface area (Å²) in [5.41, 5.74) is 7.56. The number of nitrogens with zero attached hydrogens (tertiary/aromatic N) is 1. The Labute approximate surface area is 153 Å². The van der Waals surface area contributed by atoms with Gasteiger partial charge in [0, 0.05) is 23.6 Å². The molecule has 0 aliphatic heterocycles. The lowest BCUT2D eigenvalue weighted by atomic mass is 10.1. The SMILES string of the molecule is CC(=O)NS(=O)(=O)c1ccc(C(=O)c2sc3nc(C)ccc3c2N)cc1. The van der Waals surface area contributed by atoms with E-state index < -0.39 is 15.9 Å². The molecular formula is C17H15N3O4S2. The monoisotopic (exact) mass is 389 g/mol. The van der Waals surface area contributed by atoms with Gasteiger partial charge in [0.25, 0.3) is 10.0 Å². The van der Waals surface area contributed by atoms with Gasteiger partial charge in [-0.15, -0.1) is 11.3 Å². The number of rotatable bonds is 4. The zero-order valence-corrected chi connectivity index (χ0v) is 15.6. The first-order chi connectivity index (χ1) is 12.2. The van der Waals surface area contributed by atoms with E-state index in [-0.39, 0.29) is 10.7 Å². The Bertz CT molecular complexity index is 1130. The number of sulfonamides is 1. The number of nitrogens with two attached hydrogens (primary N) is 1. The molecule has 0 saturated carbocycles. The molecule has 1 aromatic carbocycles. The Hall–Kier alpha value is -2.78. The summed E-state index contributed by atoms with van der Waals surface area (Å²) >= 11 is 1.20. The minimum Gasteiger partial charge on any atom is -0.397 e. The molecule has 0 spiro atoms. The lowest BCUT2D eigenvalue weighted by Gasteiger charge is -2.05. The molecule has 134 valence electrons. The molecule has 7 nitrogen and oxygen atoms in total. The minimum absolute atomic E-state index is 0.106. The van der Waals surface area contributed by atoms with Crippen LogP contribution in [0.1, 0.15) is 27.9 Å². The topological polar surface area (TPSA) is 119 Å². The predicted octanol–water partition coefficient (Wildman–Crippen LogP) is 2.24. The van der Waals surface area contributed by atoms with Crippen molar-refractivity contribution < 1.29 is 18.0 Å². The lowest BCUT2D eigenvalue weighted by molar-refractivity contribution is -0.117. The van der Waals surface area contributed by atoms with Crippen LogP contribution in [0.5, 0.6) is 0 Å². The Morgan fingerprint density at radius 2 is 1.77 bits per heavy atom. The van der Waals surface area contributed by atoms with E-state index in [0.29, 0.717) is 26.3 Å². The number of thiophene rings is 1. The molecule has 3 aromatic rings. The molecule has 0 fully saturated rings. The first-order valence-electron chi connectivity index (χ1n) is 7.53. The van der Waals surface area contributed by atoms with Gasteiger partial charge in [-0.05, 0) is 43.3 Å². The van der Waals surface area contributed by atoms with Crippen LogP contribution in [-0.4, -0.2) is 25.1 Å². The molecule has 3 rings (SSSR count). The Morgan fingerprint density at radius 3 is 2.38 bits per heavy atom. The van der Waals surface area contributed by atoms with Gasteiger partial charge in [-0.25, -0.2) is 18.1 Å². The summed E-state index contributed by atoms with van der Waals surface area (Å²) in [7, 11) is -3.94. The molecule has 0 aliphatic carbocycles. The van der Waals surface area contributed by atoms with Gasteiger partial charge in [-0.2, -0.15) is 0 Å². The number of hydrogen-bond donors (Lipinski definition) is 2. The van der Waals surface area contributed by atoms with Gasteiger partial charge in [0.2, 0.25) is 11.7 Å². The second kappa shape index (κ2) is 6.50. The smallest absolute Gasteiger partial charge is 0.264 e. The van der Waals surface area contributed by atoms with Crippen LogP contribution in [0.15, 0.2) is 41.3 Å². The van der Waals surface area contributed by atoms with E-state index in [1.807, 2.05) is 23.8 Å². The fraction of sp³-hybridized carbons (Fsp3) is 0.118. The molecular weight excluding hydrogens is 374 g/mol. The number of benzene rings is 1. The highest BCUT2D eigenvalue weighted by atomic mass is 32.2. The van der Waals surface area contributed by atoms with E-state index in [9.17, 15) is 18.0 Å². The number of pyridine rings is 1. The van der Waals surface area contributed by atoms with Crippen LogP contribution >= 0.6 is 11.3 Å². The molecule has 1 amide bonds. The van der Waals surface area contributed by atoms with Crippen molar-refractivity contribution in [1.82, 2.24) is 9.71 Å². The van der Waals surface area contributed by atoms with Gasteiger partial charge in [0.15, 0.2) is 0 Å². The molecule has 0 saturated heterocycles. The van der Waals surface area contributed by atoms with Crippen molar-refractivity contribution in [3.05, 3.63) is 52.5 Å². The lowest BCUT2D eigenvalue weighted by Crippen LogP contribution is -2.28. The van der Waals surface area contributed by atoms with E-state index in [0.717, 1.165) is 12.6 Å². The van der Waals surface area contributed by atoms with Gasteiger partial charge < -0.3 is 5.73 Å². The highest BCUT2D eigenvalue weighted by molar-refractivity contribution is 7.90. The number of carbonyl (C=O) groups excluding carboxylic acids is 2. The molecule has 26 heavy (non-hydrogen) atoms. The van der Waals surface area contributed by atoms with Crippen LogP contribution < -0.4 is 10.5 Å². The Kier molecular flexibility index (Phi) is 4.51. The quantitative estimate of drug-likeness (QED) is 0.661. The normalized spacial score (nSPS) is 11.5. The zero-order chi connectivity index (χ0) is 19.1. The molecule has 0 unspecified atom stereocenters. The molecule has 9 heteroatoms. The maximum atomic E-state index is 12.7. The molecule has 2 heterocycles. The van der Waals surface area contributed by atoms with Crippen molar-refractivity contribution in [3.8, 4) is 0 Å². The third-order valence-electron chi connectivity index (χ3n) is 3.64. The van der Waals surface area contributed by atoms with Gasteiger partial charge in [0.1, 0.15) is 9.71 Å². The number of hydrogen-bond acceptors (Lipinski definition) is 7. The van der Waals surface area contributed by atoms with Gasteiger partial charge in [-0.1, -0.05) is 0 Å². The number of fused-ring (bicyclic) bond motifs is 1. The summed E-state index contributed by atoms with van der Waals surface area (Å²) < 4.78 is 25.8. The largest absolute Gasteiger partial charge is 0.397 e. The second-order valence-corrected chi connectivity index (χ2v) is 8.35. The summed E-state index contributed by atoms with van der Waals surface area (Å²) in [5, 5.41) is 0.716. The number of amides is 1. The number of anilines is 1. The van der Waals surface area contributed by atoms with E-state index in [2.05, 4.69) is 4.98 Å². The van der Waals surface area contributed by atoms with E-state index >= 15 is 0 Å². The summed E-state index contributed by atoms with van der Waals surface area (Å²) in [6.07, 6.45) is 0. The van der Waals surface area contributed by atoms with Crippen molar-refractivity contribution >= 4 is 49.0 Å². The first kappa shape index (κ1) is 18.0. The average molecular weight is 389 g/mol. The van der Waals surface area contributed by atoms with Gasteiger partial charge in [-0.3, -0.25) is 9.59 Å². The molecule has 0 atom stereocenters. The average Bonchev–Trinajstić information content (AvgIpc) is 2.89. The maximum absolute atomic E-state index is 12.7. The van der Waals surface area contributed by atoms with Crippen molar-refractivity contribution in [2.75, 3.05) is 5.73 Å².